The van der Waals surface area contributed by atoms with Gasteiger partial charge in [-0.15, -0.1) is 0 Å². The van der Waals surface area contributed by atoms with Crippen molar-refractivity contribution in [2.75, 3.05) is 43.1 Å². The van der Waals surface area contributed by atoms with E-state index in [4.69, 9.17) is 21.1 Å². The predicted molar refractivity (Wildman–Crippen MR) is 105 cm³/mol. The minimum atomic E-state index is -0.221. The van der Waals surface area contributed by atoms with E-state index in [1.54, 1.807) is 6.07 Å². The summed E-state index contributed by atoms with van der Waals surface area (Å²) in [6, 6.07) is 11.4. The zero-order valence-corrected chi connectivity index (χ0v) is 15.8. The van der Waals surface area contributed by atoms with Gasteiger partial charge in [0.05, 0.1) is 24.6 Å². The number of anilines is 2. The molecule has 0 aliphatic carbocycles. The summed E-state index contributed by atoms with van der Waals surface area (Å²) in [4.78, 5) is 14.6. The molecule has 2 aromatic carbocycles. The van der Waals surface area contributed by atoms with Crippen molar-refractivity contribution in [1.82, 2.24) is 0 Å². The van der Waals surface area contributed by atoms with E-state index in [0.717, 1.165) is 29.9 Å². The topological polar surface area (TPSA) is 50.8 Å². The molecule has 1 amide bonds. The molecule has 6 heteroatoms. The third kappa shape index (κ3) is 4.68. The summed E-state index contributed by atoms with van der Waals surface area (Å²) in [6.45, 7) is 6.84. The molecule has 138 valence electrons. The highest BCUT2D eigenvalue weighted by Crippen LogP contribution is 2.30. The Hall–Kier alpha value is -2.24. The first-order chi connectivity index (χ1) is 12.5. The summed E-state index contributed by atoms with van der Waals surface area (Å²) < 4.78 is 11.1. The minimum absolute atomic E-state index is 0.0566. The van der Waals surface area contributed by atoms with Crippen LogP contribution in [0.25, 0.3) is 0 Å². The van der Waals surface area contributed by atoms with E-state index < -0.39 is 0 Å². The second kappa shape index (κ2) is 8.43. The highest BCUT2D eigenvalue weighted by molar-refractivity contribution is 6.31. The lowest BCUT2D eigenvalue weighted by Crippen LogP contribution is -2.37. The van der Waals surface area contributed by atoms with E-state index in [9.17, 15) is 4.79 Å². The van der Waals surface area contributed by atoms with E-state index in [-0.39, 0.29) is 12.5 Å². The highest BCUT2D eigenvalue weighted by Gasteiger charge is 2.17. The monoisotopic (exact) mass is 374 g/mol. The third-order valence-electron chi connectivity index (χ3n) is 4.27. The molecule has 1 fully saturated rings. The minimum Gasteiger partial charge on any atom is -0.483 e. The summed E-state index contributed by atoms with van der Waals surface area (Å²) in [5.41, 5.74) is 3.80. The Morgan fingerprint density at radius 2 is 1.96 bits per heavy atom. The van der Waals surface area contributed by atoms with E-state index in [1.807, 2.05) is 44.2 Å². The first-order valence-corrected chi connectivity index (χ1v) is 9.03. The zero-order chi connectivity index (χ0) is 18.5. The number of benzene rings is 2. The quantitative estimate of drug-likeness (QED) is 0.864. The van der Waals surface area contributed by atoms with Gasteiger partial charge in [-0.3, -0.25) is 4.79 Å². The second-order valence-corrected chi connectivity index (χ2v) is 6.80. The lowest BCUT2D eigenvalue weighted by atomic mass is 10.1. The van der Waals surface area contributed by atoms with Crippen molar-refractivity contribution in [2.24, 2.45) is 0 Å². The lowest BCUT2D eigenvalue weighted by molar-refractivity contribution is -0.118. The molecule has 26 heavy (non-hydrogen) atoms. The Kier molecular flexibility index (Phi) is 6.01. The number of aryl methyl sites for hydroxylation is 2. The molecule has 3 rings (SSSR count). The predicted octanol–water partition coefficient (Wildman–Crippen LogP) is 3.81. The average molecular weight is 375 g/mol. The zero-order valence-electron chi connectivity index (χ0n) is 15.0. The summed E-state index contributed by atoms with van der Waals surface area (Å²) in [5, 5.41) is 3.50. The molecule has 2 aromatic rings. The van der Waals surface area contributed by atoms with Gasteiger partial charge in [-0.25, -0.2) is 0 Å². The van der Waals surface area contributed by atoms with Crippen LogP contribution in [0.15, 0.2) is 36.4 Å². The smallest absolute Gasteiger partial charge is 0.262 e. The lowest BCUT2D eigenvalue weighted by Gasteiger charge is -2.30. The van der Waals surface area contributed by atoms with Crippen molar-refractivity contribution < 1.29 is 14.3 Å². The summed E-state index contributed by atoms with van der Waals surface area (Å²) >= 11 is 6.12. The van der Waals surface area contributed by atoms with Crippen LogP contribution in [0.5, 0.6) is 5.75 Å². The van der Waals surface area contributed by atoms with Crippen LogP contribution in [0.3, 0.4) is 0 Å². The van der Waals surface area contributed by atoms with E-state index in [1.165, 1.54) is 0 Å². The standard InChI is InChI=1S/C20H23ClN2O3/c1-14-3-6-19(15(2)11-14)26-13-20(24)22-17-12-16(21)4-5-18(17)23-7-9-25-10-8-23/h3-6,11-12H,7-10,13H2,1-2H3,(H,22,24). The average Bonchev–Trinajstić information content (AvgIpc) is 2.62. The van der Waals surface area contributed by atoms with Crippen molar-refractivity contribution >= 4 is 28.9 Å². The molecule has 1 heterocycles. The largest absolute Gasteiger partial charge is 0.483 e. The van der Waals surface area contributed by atoms with Crippen LogP contribution < -0.4 is 15.0 Å². The van der Waals surface area contributed by atoms with Crippen molar-refractivity contribution in [3.8, 4) is 5.75 Å². The molecule has 5 nitrogen and oxygen atoms in total. The molecule has 0 spiro atoms. The van der Waals surface area contributed by atoms with Gasteiger partial charge in [0.2, 0.25) is 0 Å². The summed E-state index contributed by atoms with van der Waals surface area (Å²) in [5.74, 6) is 0.493. The van der Waals surface area contributed by atoms with E-state index in [0.29, 0.717) is 29.7 Å². The van der Waals surface area contributed by atoms with E-state index in [2.05, 4.69) is 10.2 Å². The molecule has 0 atom stereocenters. The van der Waals surface area contributed by atoms with Crippen LogP contribution in [0.1, 0.15) is 11.1 Å². The number of hydrogen-bond donors (Lipinski definition) is 1. The maximum atomic E-state index is 12.4. The number of rotatable bonds is 5. The van der Waals surface area contributed by atoms with Crippen molar-refractivity contribution in [2.45, 2.75) is 13.8 Å². The van der Waals surface area contributed by atoms with Gasteiger partial charge in [-0.05, 0) is 43.7 Å². The SMILES string of the molecule is Cc1ccc(OCC(=O)Nc2cc(Cl)ccc2N2CCOCC2)c(C)c1. The summed E-state index contributed by atoms with van der Waals surface area (Å²) in [7, 11) is 0. The van der Waals surface area contributed by atoms with Crippen LogP contribution in [-0.2, 0) is 9.53 Å². The Morgan fingerprint density at radius 3 is 2.69 bits per heavy atom. The Bertz CT molecular complexity index is 789. The van der Waals surface area contributed by atoms with Crippen LogP contribution in [-0.4, -0.2) is 38.8 Å². The normalized spacial score (nSPS) is 14.2. The molecule has 1 aliphatic rings. The van der Waals surface area contributed by atoms with Gasteiger partial charge in [-0.1, -0.05) is 29.3 Å². The number of amides is 1. The Balaban J connectivity index is 1.67. The maximum absolute atomic E-state index is 12.4. The summed E-state index contributed by atoms with van der Waals surface area (Å²) in [6.07, 6.45) is 0. The molecule has 0 unspecified atom stereocenters. The van der Waals surface area contributed by atoms with Gasteiger partial charge in [0.25, 0.3) is 5.91 Å². The van der Waals surface area contributed by atoms with Crippen LogP contribution >= 0.6 is 11.6 Å². The number of nitrogens with one attached hydrogen (secondary N) is 1. The first kappa shape index (κ1) is 18.5. The Morgan fingerprint density at radius 1 is 1.19 bits per heavy atom. The van der Waals surface area contributed by atoms with Gasteiger partial charge < -0.3 is 19.7 Å². The van der Waals surface area contributed by atoms with Gasteiger partial charge in [0.1, 0.15) is 5.75 Å². The third-order valence-corrected chi connectivity index (χ3v) is 4.51. The fourth-order valence-corrected chi connectivity index (χ4v) is 3.15. The van der Waals surface area contributed by atoms with Crippen molar-refractivity contribution in [3.05, 3.63) is 52.5 Å². The molecule has 1 aliphatic heterocycles. The number of hydrogen-bond acceptors (Lipinski definition) is 4. The van der Waals surface area contributed by atoms with Gasteiger partial charge in [0.15, 0.2) is 6.61 Å². The van der Waals surface area contributed by atoms with Gasteiger partial charge in [0, 0.05) is 18.1 Å². The fourth-order valence-electron chi connectivity index (χ4n) is 2.98. The maximum Gasteiger partial charge on any atom is 0.262 e. The number of carbonyl (C=O) groups is 1. The van der Waals surface area contributed by atoms with Crippen molar-refractivity contribution in [1.29, 1.82) is 0 Å². The molecule has 1 N–H and O–H groups in total. The number of nitrogens with zero attached hydrogens (tertiary/aromatic N) is 1. The van der Waals surface area contributed by atoms with Crippen molar-refractivity contribution in [3.63, 3.8) is 0 Å². The molecule has 0 radical (unpaired) electrons. The van der Waals surface area contributed by atoms with E-state index >= 15 is 0 Å². The van der Waals surface area contributed by atoms with Crippen LogP contribution in [0.2, 0.25) is 5.02 Å². The molecule has 0 aromatic heterocycles. The van der Waals surface area contributed by atoms with Crippen LogP contribution in [0, 0.1) is 13.8 Å². The van der Waals surface area contributed by atoms with Gasteiger partial charge in [-0.2, -0.15) is 0 Å². The molecular formula is C20H23ClN2O3. The molecular weight excluding hydrogens is 352 g/mol. The number of halogens is 1. The molecule has 0 saturated carbocycles. The molecule has 0 bridgehead atoms. The Labute approximate surface area is 158 Å². The second-order valence-electron chi connectivity index (χ2n) is 6.37. The van der Waals surface area contributed by atoms with Crippen LogP contribution in [0.4, 0.5) is 11.4 Å². The van der Waals surface area contributed by atoms with Gasteiger partial charge >= 0.3 is 0 Å². The molecule has 1 saturated heterocycles. The first-order valence-electron chi connectivity index (χ1n) is 8.65. The highest BCUT2D eigenvalue weighted by atomic mass is 35.5. The number of ether oxygens (including phenoxy) is 2. The fraction of sp³-hybridized carbons (Fsp3) is 0.350. The number of carbonyl (C=O) groups excluding carboxylic acids is 1. The number of morpholine rings is 1.